The Bertz CT molecular complexity index is 364. The Morgan fingerprint density at radius 3 is 2.53 bits per heavy atom. The Balaban J connectivity index is 2.85. The van der Waals surface area contributed by atoms with Gasteiger partial charge in [0.1, 0.15) is 0 Å². The molecule has 0 spiro atoms. The highest BCUT2D eigenvalue weighted by molar-refractivity contribution is 7.80. The van der Waals surface area contributed by atoms with E-state index < -0.39 is 0 Å². The fourth-order valence-electron chi connectivity index (χ4n) is 1.45. The summed E-state index contributed by atoms with van der Waals surface area (Å²) in [5.41, 5.74) is 0.241. The molecular formula is C12H19NOS. The van der Waals surface area contributed by atoms with Crippen molar-refractivity contribution in [1.29, 1.82) is 0 Å². The van der Waals surface area contributed by atoms with E-state index >= 15 is 0 Å². The summed E-state index contributed by atoms with van der Waals surface area (Å²) in [6.45, 7) is 7.29. The maximum Gasteiger partial charge on any atom is 0.250 e. The number of hydrogen-bond acceptors (Lipinski definition) is 2. The summed E-state index contributed by atoms with van der Waals surface area (Å²) in [5.74, 6) is 1.20. The smallest absolute Gasteiger partial charge is 0.250 e. The largest absolute Gasteiger partial charge is 0.315 e. The molecule has 1 aromatic rings. The van der Waals surface area contributed by atoms with Gasteiger partial charge < -0.3 is 4.57 Å². The van der Waals surface area contributed by atoms with Crippen molar-refractivity contribution < 1.29 is 0 Å². The van der Waals surface area contributed by atoms with Crippen LogP contribution in [-0.4, -0.2) is 10.3 Å². The van der Waals surface area contributed by atoms with Crippen molar-refractivity contribution in [2.75, 3.05) is 5.75 Å². The average Bonchev–Trinajstić information content (AvgIpc) is 2.14. The summed E-state index contributed by atoms with van der Waals surface area (Å²) in [7, 11) is 0. The zero-order valence-corrected chi connectivity index (χ0v) is 10.5. The highest BCUT2D eigenvalue weighted by Gasteiger charge is 2.23. The lowest BCUT2D eigenvalue weighted by Gasteiger charge is -2.29. The van der Waals surface area contributed by atoms with Gasteiger partial charge in [-0.1, -0.05) is 26.8 Å². The second-order valence-electron chi connectivity index (χ2n) is 4.94. The Morgan fingerprint density at radius 1 is 1.40 bits per heavy atom. The molecule has 3 heteroatoms. The summed E-state index contributed by atoms with van der Waals surface area (Å²) in [6.07, 6.45) is 1.84. The average molecular weight is 225 g/mol. The van der Waals surface area contributed by atoms with Crippen LogP contribution in [0.4, 0.5) is 0 Å². The van der Waals surface area contributed by atoms with Gasteiger partial charge in [-0.25, -0.2) is 0 Å². The SMILES string of the molecule is CC(C)(C)C(CS)Cn1ccccc1=O. The van der Waals surface area contributed by atoms with Crippen LogP contribution in [0, 0.1) is 11.3 Å². The number of thiol groups is 1. The molecule has 1 unspecified atom stereocenters. The summed E-state index contributed by atoms with van der Waals surface area (Å²) in [5, 5.41) is 0. The van der Waals surface area contributed by atoms with Gasteiger partial charge in [0.25, 0.3) is 5.56 Å². The van der Waals surface area contributed by atoms with Crippen LogP contribution >= 0.6 is 12.6 Å². The standard InChI is InChI=1S/C12H19NOS/c1-12(2,3)10(9-15)8-13-7-5-4-6-11(13)14/h4-7,10,15H,8-9H2,1-3H3. The molecule has 0 bridgehead atoms. The van der Waals surface area contributed by atoms with E-state index in [1.54, 1.807) is 16.7 Å². The van der Waals surface area contributed by atoms with Crippen molar-refractivity contribution in [3.63, 3.8) is 0 Å². The second kappa shape index (κ2) is 4.88. The number of aromatic nitrogens is 1. The zero-order valence-electron chi connectivity index (χ0n) is 9.60. The van der Waals surface area contributed by atoms with E-state index in [1.807, 2.05) is 12.3 Å². The molecule has 1 rings (SSSR count). The molecule has 1 atom stereocenters. The topological polar surface area (TPSA) is 22.0 Å². The first-order valence-corrected chi connectivity index (χ1v) is 5.84. The highest BCUT2D eigenvalue weighted by atomic mass is 32.1. The van der Waals surface area contributed by atoms with Crippen LogP contribution in [0.15, 0.2) is 29.2 Å². The van der Waals surface area contributed by atoms with Gasteiger partial charge in [0, 0.05) is 18.8 Å². The van der Waals surface area contributed by atoms with Gasteiger partial charge in [0.2, 0.25) is 0 Å². The number of hydrogen-bond donors (Lipinski definition) is 1. The lowest BCUT2D eigenvalue weighted by molar-refractivity contribution is 0.236. The first-order valence-electron chi connectivity index (χ1n) is 5.21. The first-order chi connectivity index (χ1) is 6.95. The van der Waals surface area contributed by atoms with Gasteiger partial charge in [-0.05, 0) is 23.2 Å². The Morgan fingerprint density at radius 2 is 2.07 bits per heavy atom. The Kier molecular flexibility index (Phi) is 4.03. The van der Waals surface area contributed by atoms with Gasteiger partial charge in [-0.2, -0.15) is 12.6 Å². The van der Waals surface area contributed by atoms with Gasteiger partial charge in [0.15, 0.2) is 0 Å². The Labute approximate surface area is 96.7 Å². The predicted octanol–water partition coefficient (Wildman–Crippen LogP) is 2.44. The fourth-order valence-corrected chi connectivity index (χ4v) is 2.12. The minimum Gasteiger partial charge on any atom is -0.315 e. The zero-order chi connectivity index (χ0) is 11.5. The third kappa shape index (κ3) is 3.42. The van der Waals surface area contributed by atoms with Crippen LogP contribution < -0.4 is 5.56 Å². The predicted molar refractivity (Wildman–Crippen MR) is 67.5 cm³/mol. The lowest BCUT2D eigenvalue weighted by atomic mass is 9.82. The summed E-state index contributed by atoms with van der Waals surface area (Å²) >= 11 is 4.36. The van der Waals surface area contributed by atoms with Gasteiger partial charge in [-0.3, -0.25) is 4.79 Å². The maximum atomic E-state index is 11.5. The molecule has 0 aliphatic carbocycles. The molecule has 0 fully saturated rings. The number of nitrogens with zero attached hydrogens (tertiary/aromatic N) is 1. The molecule has 0 saturated heterocycles. The molecule has 2 nitrogen and oxygen atoms in total. The van der Waals surface area contributed by atoms with Crippen molar-refractivity contribution in [3.05, 3.63) is 34.7 Å². The summed E-state index contributed by atoms with van der Waals surface area (Å²) in [4.78, 5) is 11.5. The molecule has 0 N–H and O–H groups in total. The fraction of sp³-hybridized carbons (Fsp3) is 0.583. The van der Waals surface area contributed by atoms with Crippen LogP contribution in [0.5, 0.6) is 0 Å². The monoisotopic (exact) mass is 225 g/mol. The first kappa shape index (κ1) is 12.4. The van der Waals surface area contributed by atoms with Crippen molar-refractivity contribution in [1.82, 2.24) is 4.57 Å². The molecule has 84 valence electrons. The van der Waals surface area contributed by atoms with Crippen molar-refractivity contribution in [2.24, 2.45) is 11.3 Å². The maximum absolute atomic E-state index is 11.5. The van der Waals surface area contributed by atoms with Crippen LogP contribution in [0.3, 0.4) is 0 Å². The normalized spacial score (nSPS) is 13.9. The van der Waals surface area contributed by atoms with Crippen molar-refractivity contribution >= 4 is 12.6 Å². The molecule has 0 amide bonds. The summed E-state index contributed by atoms with van der Waals surface area (Å²) in [6, 6.07) is 5.25. The molecule has 0 aliphatic rings. The van der Waals surface area contributed by atoms with Crippen LogP contribution in [0.25, 0.3) is 0 Å². The third-order valence-corrected chi connectivity index (χ3v) is 3.20. The highest BCUT2D eigenvalue weighted by Crippen LogP contribution is 2.27. The molecule has 0 saturated carbocycles. The lowest BCUT2D eigenvalue weighted by Crippen LogP contribution is -2.31. The quantitative estimate of drug-likeness (QED) is 0.784. The van der Waals surface area contributed by atoms with Crippen LogP contribution in [0.2, 0.25) is 0 Å². The van der Waals surface area contributed by atoms with E-state index in [9.17, 15) is 4.79 Å². The van der Waals surface area contributed by atoms with Gasteiger partial charge >= 0.3 is 0 Å². The molecule has 0 aromatic carbocycles. The molecule has 1 aromatic heterocycles. The molecule has 0 aliphatic heterocycles. The Hall–Kier alpha value is -0.700. The van der Waals surface area contributed by atoms with Crippen LogP contribution in [-0.2, 0) is 6.54 Å². The molecule has 0 radical (unpaired) electrons. The third-order valence-electron chi connectivity index (χ3n) is 2.76. The van der Waals surface area contributed by atoms with Crippen molar-refractivity contribution in [3.8, 4) is 0 Å². The molecule has 15 heavy (non-hydrogen) atoms. The van der Waals surface area contributed by atoms with E-state index in [0.717, 1.165) is 12.3 Å². The second-order valence-corrected chi connectivity index (χ2v) is 5.30. The van der Waals surface area contributed by atoms with E-state index in [0.29, 0.717) is 5.92 Å². The van der Waals surface area contributed by atoms with Crippen molar-refractivity contribution in [2.45, 2.75) is 27.3 Å². The van der Waals surface area contributed by atoms with E-state index in [2.05, 4.69) is 33.4 Å². The molecule has 1 heterocycles. The van der Waals surface area contributed by atoms with E-state index in [4.69, 9.17) is 0 Å². The minimum absolute atomic E-state index is 0.0635. The molecular weight excluding hydrogens is 206 g/mol. The number of pyridine rings is 1. The minimum atomic E-state index is 0.0635. The van der Waals surface area contributed by atoms with E-state index in [1.165, 1.54) is 0 Å². The van der Waals surface area contributed by atoms with Crippen LogP contribution in [0.1, 0.15) is 20.8 Å². The number of rotatable bonds is 3. The van der Waals surface area contributed by atoms with Gasteiger partial charge in [0.05, 0.1) is 0 Å². The summed E-state index contributed by atoms with van der Waals surface area (Å²) < 4.78 is 1.76. The van der Waals surface area contributed by atoms with E-state index in [-0.39, 0.29) is 11.0 Å². The van der Waals surface area contributed by atoms with Gasteiger partial charge in [-0.15, -0.1) is 0 Å².